The molecular formula is C40H24N6O2. The Morgan fingerprint density at radius 2 is 0.771 bits per heavy atom. The molecule has 0 bridgehead atoms. The summed E-state index contributed by atoms with van der Waals surface area (Å²) in [6.07, 6.45) is 0. The van der Waals surface area contributed by atoms with E-state index in [4.69, 9.17) is 38.7 Å². The molecule has 0 N–H and O–H groups in total. The van der Waals surface area contributed by atoms with Crippen molar-refractivity contribution >= 4 is 22.2 Å². The molecule has 0 saturated carbocycles. The monoisotopic (exact) mass is 620 g/mol. The van der Waals surface area contributed by atoms with Crippen LogP contribution < -0.4 is 0 Å². The van der Waals surface area contributed by atoms with E-state index in [2.05, 4.69) is 0 Å². The van der Waals surface area contributed by atoms with E-state index in [1.165, 1.54) is 0 Å². The van der Waals surface area contributed by atoms with Crippen molar-refractivity contribution in [1.29, 1.82) is 0 Å². The molecule has 0 aliphatic heterocycles. The molecule has 0 fully saturated rings. The summed E-state index contributed by atoms with van der Waals surface area (Å²) in [7, 11) is 0. The molecule has 48 heavy (non-hydrogen) atoms. The van der Waals surface area contributed by atoms with E-state index in [0.29, 0.717) is 46.1 Å². The molecule has 0 radical (unpaired) electrons. The fourth-order valence-corrected chi connectivity index (χ4v) is 5.61. The van der Waals surface area contributed by atoms with Gasteiger partial charge in [0.05, 0.1) is 5.69 Å². The van der Waals surface area contributed by atoms with Crippen LogP contribution in [0.25, 0.3) is 90.7 Å². The van der Waals surface area contributed by atoms with E-state index < -0.39 is 0 Å². The fraction of sp³-hybridized carbons (Fsp3) is 0. The lowest BCUT2D eigenvalue weighted by molar-refractivity contribution is 0.619. The van der Waals surface area contributed by atoms with E-state index in [-0.39, 0.29) is 0 Å². The van der Waals surface area contributed by atoms with Gasteiger partial charge in [0.15, 0.2) is 28.6 Å². The molecule has 0 atom stereocenters. The highest BCUT2D eigenvalue weighted by molar-refractivity contribution is 5.83. The summed E-state index contributed by atoms with van der Waals surface area (Å²) in [6, 6.07) is 47.1. The predicted molar refractivity (Wildman–Crippen MR) is 185 cm³/mol. The largest absolute Gasteiger partial charge is 0.436 e. The van der Waals surface area contributed by atoms with Gasteiger partial charge >= 0.3 is 0 Å². The summed E-state index contributed by atoms with van der Waals surface area (Å²) in [6.45, 7) is 0. The molecule has 0 amide bonds. The maximum Gasteiger partial charge on any atom is 0.227 e. The summed E-state index contributed by atoms with van der Waals surface area (Å²) in [5.74, 6) is 2.50. The van der Waals surface area contributed by atoms with Gasteiger partial charge in [-0.25, -0.2) is 29.9 Å². The molecule has 0 unspecified atom stereocenters. The first-order valence-corrected chi connectivity index (χ1v) is 15.5. The third-order valence-electron chi connectivity index (χ3n) is 8.02. The lowest BCUT2D eigenvalue weighted by Crippen LogP contribution is -2.01. The zero-order valence-corrected chi connectivity index (χ0v) is 25.4. The summed E-state index contributed by atoms with van der Waals surface area (Å²) >= 11 is 0. The van der Waals surface area contributed by atoms with Crippen LogP contribution >= 0.6 is 0 Å². The van der Waals surface area contributed by atoms with Gasteiger partial charge in [-0.1, -0.05) is 72.8 Å². The third-order valence-corrected chi connectivity index (χ3v) is 8.02. The molecule has 4 aromatic heterocycles. The van der Waals surface area contributed by atoms with Crippen LogP contribution in [0.1, 0.15) is 0 Å². The molecule has 226 valence electrons. The van der Waals surface area contributed by atoms with Crippen molar-refractivity contribution in [2.75, 3.05) is 0 Å². The van der Waals surface area contributed by atoms with Gasteiger partial charge < -0.3 is 8.83 Å². The van der Waals surface area contributed by atoms with Crippen molar-refractivity contribution in [3.05, 3.63) is 146 Å². The van der Waals surface area contributed by atoms with Gasteiger partial charge in [0.2, 0.25) is 11.8 Å². The standard InChI is InChI=1S/C40H24N6O2/c1-4-11-25(12-5-1)30-17-10-18-33(41-30)38-45-36(28-19-21-31-34(23-28)47-39(42-31)26-13-6-2-7-14-26)44-37(46-38)29-20-22-32-35(24-29)48-40(43-32)27-15-8-3-9-16-27/h1-24H. The minimum Gasteiger partial charge on any atom is -0.436 e. The lowest BCUT2D eigenvalue weighted by Gasteiger charge is -2.09. The Balaban J connectivity index is 1.18. The van der Waals surface area contributed by atoms with Crippen LogP contribution in [0.4, 0.5) is 0 Å². The van der Waals surface area contributed by atoms with Crippen molar-refractivity contribution in [3.8, 4) is 68.5 Å². The normalized spacial score (nSPS) is 11.3. The second-order valence-electron chi connectivity index (χ2n) is 11.2. The van der Waals surface area contributed by atoms with Crippen LogP contribution in [0.3, 0.4) is 0 Å². The number of aromatic nitrogens is 6. The van der Waals surface area contributed by atoms with Gasteiger partial charge in [-0.3, -0.25) is 0 Å². The van der Waals surface area contributed by atoms with E-state index in [0.717, 1.165) is 44.5 Å². The second-order valence-corrected chi connectivity index (χ2v) is 11.2. The van der Waals surface area contributed by atoms with Crippen molar-refractivity contribution in [1.82, 2.24) is 29.9 Å². The van der Waals surface area contributed by atoms with Crippen molar-refractivity contribution < 1.29 is 8.83 Å². The van der Waals surface area contributed by atoms with Gasteiger partial charge in [-0.05, 0) is 72.8 Å². The summed E-state index contributed by atoms with van der Waals surface area (Å²) in [4.78, 5) is 29.1. The average Bonchev–Trinajstić information content (AvgIpc) is 3.80. The molecule has 0 aliphatic carbocycles. The molecule has 9 aromatic rings. The van der Waals surface area contributed by atoms with Crippen LogP contribution in [0.5, 0.6) is 0 Å². The number of oxazole rings is 2. The smallest absolute Gasteiger partial charge is 0.227 e. The SMILES string of the molecule is c1ccc(-c2cccc(-c3nc(-c4ccc5nc(-c6ccccc6)oc5c4)nc(-c4ccc5nc(-c6ccccc6)oc5c4)n3)n2)cc1. The Kier molecular flexibility index (Phi) is 6.61. The van der Waals surface area contributed by atoms with Crippen LogP contribution in [-0.2, 0) is 0 Å². The number of hydrogen-bond acceptors (Lipinski definition) is 8. The Morgan fingerprint density at radius 3 is 1.29 bits per heavy atom. The molecular weight excluding hydrogens is 596 g/mol. The maximum atomic E-state index is 6.18. The Morgan fingerprint density at radius 1 is 0.312 bits per heavy atom. The van der Waals surface area contributed by atoms with Crippen LogP contribution in [0, 0.1) is 0 Å². The molecule has 4 heterocycles. The highest BCUT2D eigenvalue weighted by Gasteiger charge is 2.17. The highest BCUT2D eigenvalue weighted by atomic mass is 16.4. The van der Waals surface area contributed by atoms with E-state index in [1.807, 2.05) is 146 Å². The van der Waals surface area contributed by atoms with Crippen LogP contribution in [0.15, 0.2) is 154 Å². The quantitative estimate of drug-likeness (QED) is 0.181. The molecule has 0 spiro atoms. The van der Waals surface area contributed by atoms with Crippen LogP contribution in [0.2, 0.25) is 0 Å². The van der Waals surface area contributed by atoms with E-state index in [1.54, 1.807) is 0 Å². The summed E-state index contributed by atoms with van der Waals surface area (Å²) in [5, 5.41) is 0. The van der Waals surface area contributed by atoms with Gasteiger partial charge in [0.25, 0.3) is 0 Å². The number of rotatable bonds is 6. The van der Waals surface area contributed by atoms with Crippen molar-refractivity contribution in [2.24, 2.45) is 0 Å². The topological polar surface area (TPSA) is 104 Å². The fourth-order valence-electron chi connectivity index (χ4n) is 5.61. The van der Waals surface area contributed by atoms with E-state index in [9.17, 15) is 0 Å². The van der Waals surface area contributed by atoms with Crippen molar-refractivity contribution in [3.63, 3.8) is 0 Å². The summed E-state index contributed by atoms with van der Waals surface area (Å²) < 4.78 is 12.4. The Labute approximate surface area is 274 Å². The molecule has 0 aliphatic rings. The summed E-state index contributed by atoms with van der Waals surface area (Å²) in [5.41, 5.74) is 8.54. The van der Waals surface area contributed by atoms with Gasteiger partial charge in [0, 0.05) is 27.8 Å². The van der Waals surface area contributed by atoms with Gasteiger partial charge in [0.1, 0.15) is 16.7 Å². The predicted octanol–water partition coefficient (Wildman–Crippen LogP) is 9.55. The Bertz CT molecular complexity index is 2430. The molecule has 8 heteroatoms. The highest BCUT2D eigenvalue weighted by Crippen LogP contribution is 2.32. The number of fused-ring (bicyclic) bond motifs is 2. The molecule has 0 saturated heterocycles. The van der Waals surface area contributed by atoms with E-state index >= 15 is 0 Å². The number of hydrogen-bond donors (Lipinski definition) is 0. The van der Waals surface area contributed by atoms with Gasteiger partial charge in [-0.2, -0.15) is 0 Å². The first kappa shape index (κ1) is 27.5. The van der Waals surface area contributed by atoms with Crippen LogP contribution in [-0.4, -0.2) is 29.9 Å². The van der Waals surface area contributed by atoms with Gasteiger partial charge in [-0.15, -0.1) is 0 Å². The minimum atomic E-state index is 0.443. The average molecular weight is 621 g/mol. The first-order valence-electron chi connectivity index (χ1n) is 15.5. The van der Waals surface area contributed by atoms with Crippen molar-refractivity contribution in [2.45, 2.75) is 0 Å². The maximum absolute atomic E-state index is 6.18. The second kappa shape index (κ2) is 11.5. The first-order chi connectivity index (χ1) is 23.7. The Hall–Kier alpha value is -6.80. The zero-order valence-electron chi connectivity index (χ0n) is 25.4. The third kappa shape index (κ3) is 5.17. The number of benzene rings is 5. The minimum absolute atomic E-state index is 0.443. The molecule has 8 nitrogen and oxygen atoms in total. The molecule has 5 aromatic carbocycles. The zero-order chi connectivity index (χ0) is 31.9. The number of pyridine rings is 1. The lowest BCUT2D eigenvalue weighted by atomic mass is 10.1. The molecule has 9 rings (SSSR count). The number of nitrogens with zero attached hydrogens (tertiary/aromatic N) is 6.